The lowest BCUT2D eigenvalue weighted by Gasteiger charge is -2.26. The SMILES string of the molecule is Cc1ccc(S(=O)(=O)N2CCCCC2)cc1NC(=O)c1sc2ccccc2c1Cl. The summed E-state index contributed by atoms with van der Waals surface area (Å²) in [6, 6.07) is 12.4. The summed E-state index contributed by atoms with van der Waals surface area (Å²) in [5.74, 6) is -0.341. The Bertz CT molecular complexity index is 1180. The van der Waals surface area contributed by atoms with Crippen LogP contribution in [0.25, 0.3) is 10.1 Å². The van der Waals surface area contributed by atoms with E-state index in [4.69, 9.17) is 11.6 Å². The van der Waals surface area contributed by atoms with Crippen LogP contribution in [-0.4, -0.2) is 31.7 Å². The van der Waals surface area contributed by atoms with Crippen molar-refractivity contribution in [3.8, 4) is 0 Å². The highest BCUT2D eigenvalue weighted by molar-refractivity contribution is 7.89. The zero-order valence-corrected chi connectivity index (χ0v) is 18.3. The van der Waals surface area contributed by atoms with Crippen molar-refractivity contribution < 1.29 is 13.2 Å². The second kappa shape index (κ2) is 8.07. The number of aryl methyl sites for hydroxylation is 1. The molecule has 1 amide bonds. The van der Waals surface area contributed by atoms with Gasteiger partial charge in [0, 0.05) is 28.9 Å². The molecule has 3 aromatic rings. The quantitative estimate of drug-likeness (QED) is 0.589. The molecule has 1 N–H and O–H groups in total. The first-order chi connectivity index (χ1) is 13.9. The van der Waals surface area contributed by atoms with Crippen molar-refractivity contribution in [1.29, 1.82) is 0 Å². The Labute approximate surface area is 179 Å². The largest absolute Gasteiger partial charge is 0.321 e. The number of halogens is 1. The fourth-order valence-electron chi connectivity index (χ4n) is 3.49. The Balaban J connectivity index is 1.64. The van der Waals surface area contributed by atoms with Crippen molar-refractivity contribution in [2.45, 2.75) is 31.1 Å². The molecule has 2 heterocycles. The lowest BCUT2D eigenvalue weighted by Crippen LogP contribution is -2.35. The Kier molecular flexibility index (Phi) is 5.66. The summed E-state index contributed by atoms with van der Waals surface area (Å²) in [5.41, 5.74) is 1.26. The van der Waals surface area contributed by atoms with Gasteiger partial charge in [0.2, 0.25) is 10.0 Å². The Morgan fingerprint density at radius 2 is 1.83 bits per heavy atom. The van der Waals surface area contributed by atoms with Crippen molar-refractivity contribution in [1.82, 2.24) is 4.31 Å². The summed E-state index contributed by atoms with van der Waals surface area (Å²) in [4.78, 5) is 13.5. The number of piperidine rings is 1. The van der Waals surface area contributed by atoms with Gasteiger partial charge in [0.05, 0.1) is 9.92 Å². The summed E-state index contributed by atoms with van der Waals surface area (Å²) < 4.78 is 28.4. The van der Waals surface area contributed by atoms with Crippen LogP contribution in [0.2, 0.25) is 5.02 Å². The normalized spacial score (nSPS) is 15.5. The molecule has 0 unspecified atom stereocenters. The van der Waals surface area contributed by atoms with Crippen LogP contribution in [0.3, 0.4) is 0 Å². The fourth-order valence-corrected chi connectivity index (χ4v) is 6.45. The average molecular weight is 449 g/mol. The predicted molar refractivity (Wildman–Crippen MR) is 119 cm³/mol. The lowest BCUT2D eigenvalue weighted by atomic mass is 10.2. The maximum atomic E-state index is 13.0. The van der Waals surface area contributed by atoms with Crippen LogP contribution in [0.5, 0.6) is 0 Å². The zero-order valence-electron chi connectivity index (χ0n) is 15.9. The maximum Gasteiger partial charge on any atom is 0.267 e. The van der Waals surface area contributed by atoms with E-state index in [0.717, 1.165) is 34.9 Å². The third-order valence-corrected chi connectivity index (χ3v) is 8.72. The molecular weight excluding hydrogens is 428 g/mol. The molecule has 152 valence electrons. The maximum absolute atomic E-state index is 13.0. The van der Waals surface area contributed by atoms with Crippen molar-refractivity contribution in [2.75, 3.05) is 18.4 Å². The average Bonchev–Trinajstić information content (AvgIpc) is 3.07. The van der Waals surface area contributed by atoms with E-state index >= 15 is 0 Å². The Morgan fingerprint density at radius 3 is 2.55 bits per heavy atom. The molecule has 1 aliphatic rings. The molecule has 0 spiro atoms. The molecular formula is C21H21ClN2O3S2. The highest BCUT2D eigenvalue weighted by Crippen LogP contribution is 2.36. The number of nitrogens with one attached hydrogen (secondary N) is 1. The molecule has 4 rings (SSSR count). The van der Waals surface area contributed by atoms with Gasteiger partial charge in [-0.25, -0.2) is 8.42 Å². The van der Waals surface area contributed by atoms with Gasteiger partial charge in [-0.3, -0.25) is 4.79 Å². The number of sulfonamides is 1. The van der Waals surface area contributed by atoms with Crippen molar-refractivity contribution in [3.05, 3.63) is 57.9 Å². The summed E-state index contributed by atoms with van der Waals surface area (Å²) in [7, 11) is -3.57. The number of benzene rings is 2. The topological polar surface area (TPSA) is 66.5 Å². The number of thiophene rings is 1. The van der Waals surface area contributed by atoms with E-state index in [-0.39, 0.29) is 10.8 Å². The minimum atomic E-state index is -3.57. The molecule has 0 atom stereocenters. The molecule has 8 heteroatoms. The first kappa shape index (κ1) is 20.3. The van der Waals surface area contributed by atoms with Gasteiger partial charge in [-0.15, -0.1) is 11.3 Å². The Hall–Kier alpha value is -1.93. The molecule has 29 heavy (non-hydrogen) atoms. The highest BCUT2D eigenvalue weighted by atomic mass is 35.5. The lowest BCUT2D eigenvalue weighted by molar-refractivity contribution is 0.103. The third-order valence-electron chi connectivity index (χ3n) is 5.15. The van der Waals surface area contributed by atoms with Crippen LogP contribution in [-0.2, 0) is 10.0 Å². The van der Waals surface area contributed by atoms with Crippen LogP contribution >= 0.6 is 22.9 Å². The summed E-state index contributed by atoms with van der Waals surface area (Å²) in [6.07, 6.45) is 2.80. The minimum absolute atomic E-state index is 0.197. The van der Waals surface area contributed by atoms with Crippen LogP contribution in [0, 0.1) is 6.92 Å². The van der Waals surface area contributed by atoms with Crippen LogP contribution in [0.15, 0.2) is 47.4 Å². The van der Waals surface area contributed by atoms with Crippen molar-refractivity contribution in [2.24, 2.45) is 0 Å². The van der Waals surface area contributed by atoms with E-state index in [1.165, 1.54) is 15.6 Å². The molecule has 1 aromatic heterocycles. The zero-order chi connectivity index (χ0) is 20.6. The van der Waals surface area contributed by atoms with Gasteiger partial charge in [-0.1, -0.05) is 42.3 Å². The molecule has 1 fully saturated rings. The van der Waals surface area contributed by atoms with Gasteiger partial charge in [0.25, 0.3) is 5.91 Å². The monoisotopic (exact) mass is 448 g/mol. The number of nitrogens with zero attached hydrogens (tertiary/aromatic N) is 1. The molecule has 5 nitrogen and oxygen atoms in total. The van der Waals surface area contributed by atoms with Gasteiger partial charge in [0.1, 0.15) is 4.88 Å². The Morgan fingerprint density at radius 1 is 1.10 bits per heavy atom. The number of rotatable bonds is 4. The van der Waals surface area contributed by atoms with Crippen LogP contribution in [0.4, 0.5) is 5.69 Å². The number of fused-ring (bicyclic) bond motifs is 1. The second-order valence-electron chi connectivity index (χ2n) is 7.14. The predicted octanol–water partition coefficient (Wildman–Crippen LogP) is 5.29. The number of anilines is 1. The molecule has 0 radical (unpaired) electrons. The van der Waals surface area contributed by atoms with E-state index in [1.807, 2.05) is 31.2 Å². The standard InChI is InChI=1S/C21H21ClN2O3S2/c1-14-9-10-15(29(26,27)24-11-5-2-6-12-24)13-17(14)23-21(25)20-19(22)16-7-3-4-8-18(16)28-20/h3-4,7-10,13H,2,5-6,11-12H2,1H3,(H,23,25). The first-order valence-electron chi connectivity index (χ1n) is 9.47. The summed E-state index contributed by atoms with van der Waals surface area (Å²) in [5, 5.41) is 4.10. The summed E-state index contributed by atoms with van der Waals surface area (Å²) >= 11 is 7.73. The first-order valence-corrected chi connectivity index (χ1v) is 12.1. The van der Waals surface area contributed by atoms with E-state index in [2.05, 4.69) is 5.32 Å². The van der Waals surface area contributed by atoms with Gasteiger partial charge >= 0.3 is 0 Å². The van der Waals surface area contributed by atoms with Gasteiger partial charge in [0.15, 0.2) is 0 Å². The molecule has 2 aromatic carbocycles. The van der Waals surface area contributed by atoms with Gasteiger partial charge < -0.3 is 5.32 Å². The van der Waals surface area contributed by atoms with E-state index in [9.17, 15) is 13.2 Å². The molecule has 0 aliphatic carbocycles. The van der Waals surface area contributed by atoms with E-state index in [0.29, 0.717) is 28.7 Å². The molecule has 1 aliphatic heterocycles. The van der Waals surface area contributed by atoms with Gasteiger partial charge in [-0.05, 0) is 43.5 Å². The van der Waals surface area contributed by atoms with E-state index in [1.54, 1.807) is 18.2 Å². The number of hydrogen-bond acceptors (Lipinski definition) is 4. The van der Waals surface area contributed by atoms with Crippen molar-refractivity contribution >= 4 is 54.6 Å². The molecule has 0 bridgehead atoms. The highest BCUT2D eigenvalue weighted by Gasteiger charge is 2.27. The summed E-state index contributed by atoms with van der Waals surface area (Å²) in [6.45, 7) is 2.91. The second-order valence-corrected chi connectivity index (χ2v) is 10.5. The number of carbonyl (C=O) groups excluding carboxylic acids is 1. The fraction of sp³-hybridized carbons (Fsp3) is 0.286. The minimum Gasteiger partial charge on any atom is -0.321 e. The van der Waals surface area contributed by atoms with Crippen LogP contribution < -0.4 is 5.32 Å². The molecule has 1 saturated heterocycles. The third kappa shape index (κ3) is 3.92. The van der Waals surface area contributed by atoms with E-state index < -0.39 is 10.0 Å². The number of hydrogen-bond donors (Lipinski definition) is 1. The number of carbonyl (C=O) groups is 1. The van der Waals surface area contributed by atoms with Crippen LogP contribution in [0.1, 0.15) is 34.5 Å². The molecule has 0 saturated carbocycles. The smallest absolute Gasteiger partial charge is 0.267 e. The van der Waals surface area contributed by atoms with Gasteiger partial charge in [-0.2, -0.15) is 4.31 Å². The van der Waals surface area contributed by atoms with Crippen molar-refractivity contribution in [3.63, 3.8) is 0 Å². The number of amides is 1.